The Morgan fingerprint density at radius 3 is 2.47 bits per heavy atom. The number of carbonyl (C=O) groups is 1. The fourth-order valence-electron chi connectivity index (χ4n) is 3.68. The quantitative estimate of drug-likeness (QED) is 0.400. The van der Waals surface area contributed by atoms with Gasteiger partial charge < -0.3 is 24.1 Å². The molecule has 4 rings (SSSR count). The summed E-state index contributed by atoms with van der Waals surface area (Å²) in [5.74, 6) is -1.70. The van der Waals surface area contributed by atoms with Crippen molar-refractivity contribution in [1.29, 1.82) is 0 Å². The number of aliphatic hydroxyl groups is 1. The third kappa shape index (κ3) is 5.53. The summed E-state index contributed by atoms with van der Waals surface area (Å²) in [6.45, 7) is 0.693. The molecule has 2 aliphatic heterocycles. The molecule has 1 saturated heterocycles. The number of hydrogen-bond donors (Lipinski definition) is 2. The second-order valence-electron chi connectivity index (χ2n) is 7.78. The van der Waals surface area contributed by atoms with Crippen LogP contribution in [0.15, 0.2) is 9.52 Å². The number of aromatic nitrogens is 4. The van der Waals surface area contributed by atoms with Crippen LogP contribution in [-0.2, 0) is 28.4 Å². The highest BCUT2D eigenvalue weighted by Crippen LogP contribution is 2.35. The van der Waals surface area contributed by atoms with Crippen LogP contribution < -0.4 is 10.3 Å². The molecule has 0 spiro atoms. The van der Waals surface area contributed by atoms with Crippen molar-refractivity contribution >= 4 is 18.1 Å². The van der Waals surface area contributed by atoms with Crippen LogP contribution in [0.5, 0.6) is 0 Å². The second kappa shape index (κ2) is 9.92. The first-order valence-corrected chi connectivity index (χ1v) is 10.6. The molecule has 2 aromatic rings. The number of halogens is 6. The molecule has 18 heteroatoms. The van der Waals surface area contributed by atoms with Crippen LogP contribution in [0.25, 0.3) is 0 Å². The van der Waals surface area contributed by atoms with Gasteiger partial charge in [0.05, 0.1) is 43.7 Å². The molecule has 2 aliphatic rings. The summed E-state index contributed by atoms with van der Waals surface area (Å²) in [5, 5.41) is 23.3. The molecule has 4 heterocycles. The van der Waals surface area contributed by atoms with Crippen molar-refractivity contribution in [2.45, 2.75) is 31.5 Å². The predicted molar refractivity (Wildman–Crippen MR) is 106 cm³/mol. The van der Waals surface area contributed by atoms with Crippen molar-refractivity contribution in [1.82, 2.24) is 30.3 Å². The van der Waals surface area contributed by atoms with Crippen LogP contribution in [0.2, 0.25) is 0 Å². The van der Waals surface area contributed by atoms with E-state index in [2.05, 4.69) is 30.2 Å². The Kier molecular flexibility index (Phi) is 7.07. The maximum atomic E-state index is 13.2. The Morgan fingerprint density at radius 1 is 1.11 bits per heavy atom. The monoisotopic (exact) mass is 526 g/mol. The molecule has 2 N–H and O–H groups in total. The molecule has 2 aromatic heterocycles. The molecular weight excluding hydrogens is 506 g/mol. The van der Waals surface area contributed by atoms with Gasteiger partial charge in [-0.15, -0.1) is 5.10 Å². The van der Waals surface area contributed by atoms with Gasteiger partial charge in [0.15, 0.2) is 11.9 Å². The number of carbonyl (C=O) groups excluding carboxylic acids is 1. The number of amides is 1. The van der Waals surface area contributed by atoms with Gasteiger partial charge in [-0.25, -0.2) is 0 Å². The molecule has 12 nitrogen and oxygen atoms in total. The lowest BCUT2D eigenvalue weighted by atomic mass is 10.1. The van der Waals surface area contributed by atoms with Gasteiger partial charge in [0.25, 0.3) is 0 Å². The lowest BCUT2D eigenvalue weighted by Crippen LogP contribution is -2.49. The fraction of sp³-hybridized carbons (Fsp3) is 0.611. The molecular formula is C18H20F6N8O4. The molecule has 1 fully saturated rings. The van der Waals surface area contributed by atoms with Gasteiger partial charge in [-0.3, -0.25) is 14.9 Å². The minimum Gasteiger partial charge on any atom is -0.399 e. The molecule has 1 amide bonds. The highest BCUT2D eigenvalue weighted by Gasteiger charge is 2.42. The molecule has 0 bridgehead atoms. The molecule has 1 unspecified atom stereocenters. The molecule has 198 valence electrons. The molecule has 0 aliphatic carbocycles. The van der Waals surface area contributed by atoms with Crippen LogP contribution in [-0.4, -0.2) is 81.5 Å². The zero-order valence-electron chi connectivity index (χ0n) is 18.4. The van der Waals surface area contributed by atoms with Crippen molar-refractivity contribution < 1.29 is 45.4 Å². The first-order valence-electron chi connectivity index (χ1n) is 10.6. The number of piperazine rings is 1. The Balaban J connectivity index is 1.21. The highest BCUT2D eigenvalue weighted by molar-refractivity contribution is 5.81. The maximum absolute atomic E-state index is 13.2. The average molecular weight is 526 g/mol. The van der Waals surface area contributed by atoms with E-state index in [9.17, 15) is 36.2 Å². The van der Waals surface area contributed by atoms with Crippen molar-refractivity contribution in [2.75, 3.05) is 44.3 Å². The van der Waals surface area contributed by atoms with Crippen molar-refractivity contribution in [2.24, 2.45) is 5.10 Å². The summed E-state index contributed by atoms with van der Waals surface area (Å²) in [7, 11) is 0. The number of hydrogen-bond acceptors (Lipinski definition) is 10. The van der Waals surface area contributed by atoms with E-state index in [1.165, 1.54) is 9.80 Å². The van der Waals surface area contributed by atoms with Gasteiger partial charge in [0.2, 0.25) is 5.91 Å². The fourth-order valence-corrected chi connectivity index (χ4v) is 3.68. The van der Waals surface area contributed by atoms with Crippen LogP contribution in [0, 0.1) is 0 Å². The van der Waals surface area contributed by atoms with Crippen LogP contribution >= 0.6 is 0 Å². The number of hydrazone groups is 1. The van der Waals surface area contributed by atoms with Gasteiger partial charge in [-0.05, 0) is 0 Å². The van der Waals surface area contributed by atoms with E-state index in [0.717, 1.165) is 10.9 Å². The van der Waals surface area contributed by atoms with Gasteiger partial charge >= 0.3 is 24.3 Å². The number of fused-ring (bicyclic) bond motifs is 1. The Hall–Kier alpha value is -3.41. The Morgan fingerprint density at radius 2 is 1.83 bits per heavy atom. The van der Waals surface area contributed by atoms with E-state index in [1.807, 2.05) is 0 Å². The van der Waals surface area contributed by atoms with Gasteiger partial charge in [-0.1, -0.05) is 5.10 Å². The van der Waals surface area contributed by atoms with Crippen LogP contribution in [0.3, 0.4) is 0 Å². The lowest BCUT2D eigenvalue weighted by Gasteiger charge is -2.33. The zero-order chi connectivity index (χ0) is 26.1. The van der Waals surface area contributed by atoms with E-state index < -0.39 is 35.7 Å². The lowest BCUT2D eigenvalue weighted by molar-refractivity contribution is -0.157. The number of alkyl halides is 6. The summed E-state index contributed by atoms with van der Waals surface area (Å²) in [5.41, 5.74) is 0.479. The summed E-state index contributed by atoms with van der Waals surface area (Å²) in [6, 6.07) is -0.277. The normalized spacial score (nSPS) is 18.4. The largest absolute Gasteiger partial charge is 0.470 e. The topological polar surface area (TPSA) is 134 Å². The van der Waals surface area contributed by atoms with E-state index in [0.29, 0.717) is 0 Å². The number of rotatable bonds is 7. The molecule has 0 aromatic carbocycles. The molecule has 36 heavy (non-hydrogen) atoms. The molecule has 1 atom stereocenters. The summed E-state index contributed by atoms with van der Waals surface area (Å²) in [4.78, 5) is 15.3. The van der Waals surface area contributed by atoms with Crippen LogP contribution in [0.1, 0.15) is 35.5 Å². The first kappa shape index (κ1) is 25.7. The number of nitrogens with one attached hydrogen (secondary N) is 1. The third-order valence-electron chi connectivity index (χ3n) is 5.42. The van der Waals surface area contributed by atoms with E-state index >= 15 is 0 Å². The number of ether oxygens (including phenoxy) is 1. The van der Waals surface area contributed by atoms with Crippen molar-refractivity contribution in [3.05, 3.63) is 22.8 Å². The first-order chi connectivity index (χ1) is 16.9. The van der Waals surface area contributed by atoms with Crippen LogP contribution in [0.4, 0.5) is 32.4 Å². The maximum Gasteiger partial charge on any atom is 0.470 e. The van der Waals surface area contributed by atoms with E-state index in [-0.39, 0.29) is 70.0 Å². The highest BCUT2D eigenvalue weighted by atomic mass is 19.4. The zero-order valence-corrected chi connectivity index (χ0v) is 18.4. The van der Waals surface area contributed by atoms with Gasteiger partial charge in [0.1, 0.15) is 0 Å². The SMILES string of the molecule is O=C(CCOCCn1nc(C(F)(F)F)c2c1C=NNC2O)N1CCN(c2nnc(C(F)(F)F)o2)CC1. The minimum absolute atomic E-state index is 0.00489. The predicted octanol–water partition coefficient (Wildman–Crippen LogP) is 0.987. The third-order valence-corrected chi connectivity index (χ3v) is 5.42. The molecule has 0 radical (unpaired) electrons. The summed E-state index contributed by atoms with van der Waals surface area (Å²) < 4.78 is 88.6. The average Bonchev–Trinajstić information content (AvgIpc) is 3.45. The van der Waals surface area contributed by atoms with E-state index in [1.54, 1.807) is 0 Å². The van der Waals surface area contributed by atoms with E-state index in [4.69, 9.17) is 4.74 Å². The smallest absolute Gasteiger partial charge is 0.399 e. The summed E-state index contributed by atoms with van der Waals surface area (Å²) >= 11 is 0. The van der Waals surface area contributed by atoms with Gasteiger partial charge in [0, 0.05) is 26.2 Å². The number of nitrogens with zero attached hydrogens (tertiary/aromatic N) is 7. The van der Waals surface area contributed by atoms with Gasteiger partial charge in [-0.2, -0.15) is 36.5 Å². The van der Waals surface area contributed by atoms with Crippen molar-refractivity contribution in [3.63, 3.8) is 0 Å². The Bertz CT molecular complexity index is 1110. The molecule has 0 saturated carbocycles. The number of aliphatic hydroxyl groups excluding tert-OH is 1. The Labute approximate surface area is 198 Å². The minimum atomic E-state index is -4.77. The summed E-state index contributed by atoms with van der Waals surface area (Å²) in [6.07, 6.45) is -10.1. The number of anilines is 1. The standard InChI is InChI=1S/C18H20F6N8O4/c19-17(20,21)13-12-10(9-25-26-14(12)34)32(29-13)6-8-35-7-1-11(33)30-2-4-31(5-3-30)16-28-27-15(36-16)18(22,23)24/h9,14,26,34H,1-8H2. The second-order valence-corrected chi connectivity index (χ2v) is 7.78. The van der Waals surface area contributed by atoms with Crippen molar-refractivity contribution in [3.8, 4) is 0 Å².